The van der Waals surface area contributed by atoms with Gasteiger partial charge in [-0.15, -0.1) is 0 Å². The molecule has 0 aromatic rings. The minimum atomic E-state index is -1.54. The van der Waals surface area contributed by atoms with Crippen molar-refractivity contribution in [2.24, 2.45) is 16.7 Å². The van der Waals surface area contributed by atoms with Crippen molar-refractivity contribution in [2.75, 3.05) is 0 Å². The second kappa shape index (κ2) is 6.34. The van der Waals surface area contributed by atoms with Crippen molar-refractivity contribution in [1.82, 2.24) is 0 Å². The van der Waals surface area contributed by atoms with Crippen molar-refractivity contribution < 1.29 is 28.9 Å². The van der Waals surface area contributed by atoms with Crippen LogP contribution >= 0.6 is 0 Å². The highest BCUT2D eigenvalue weighted by Gasteiger charge is 2.79. The molecule has 3 fully saturated rings. The molecule has 2 unspecified atom stereocenters. The van der Waals surface area contributed by atoms with Crippen LogP contribution in [0.3, 0.4) is 0 Å². The van der Waals surface area contributed by atoms with Gasteiger partial charge in [-0.05, 0) is 47.5 Å². The normalized spacial score (nSPS) is 44.8. The molecule has 1 aliphatic carbocycles. The lowest BCUT2D eigenvalue weighted by molar-refractivity contribution is -0.462. The van der Waals surface area contributed by atoms with Gasteiger partial charge in [0.1, 0.15) is 17.3 Å². The largest absolute Gasteiger partial charge is 0.388 e. The maximum Gasteiger partial charge on any atom is 0.212 e. The number of hydrogen-bond donors (Lipinski definition) is 1. The number of ether oxygens (including phenoxy) is 3. The van der Waals surface area contributed by atoms with E-state index in [-0.39, 0.29) is 17.5 Å². The topological polar surface area (TPSA) is 82.1 Å². The Bertz CT molecular complexity index is 683. The fourth-order valence-electron chi connectivity index (χ4n) is 5.81. The summed E-state index contributed by atoms with van der Waals surface area (Å²) < 4.78 is 19.3. The van der Waals surface area contributed by atoms with Crippen molar-refractivity contribution in [3.05, 3.63) is 0 Å². The molecule has 1 N–H and O–H groups in total. The quantitative estimate of drug-likeness (QED) is 0.767. The van der Waals surface area contributed by atoms with Gasteiger partial charge in [0, 0.05) is 24.2 Å². The van der Waals surface area contributed by atoms with Crippen molar-refractivity contribution in [1.29, 1.82) is 0 Å². The van der Waals surface area contributed by atoms with Gasteiger partial charge in [-0.2, -0.15) is 0 Å². The van der Waals surface area contributed by atoms with Gasteiger partial charge in [-0.25, -0.2) is 0 Å². The van der Waals surface area contributed by atoms with Crippen LogP contribution in [0, 0.1) is 16.7 Å². The van der Waals surface area contributed by atoms with Crippen LogP contribution in [0.15, 0.2) is 0 Å². The van der Waals surface area contributed by atoms with Crippen molar-refractivity contribution in [3.8, 4) is 0 Å². The first-order chi connectivity index (χ1) is 12.7. The molecule has 0 radical (unpaired) electrons. The molecule has 160 valence electrons. The number of Topliss-reactive ketones (excluding diaryl/α,β-unsaturated/α-hetero) is 2. The fourth-order valence-corrected chi connectivity index (χ4v) is 5.81. The molecule has 3 aliphatic rings. The summed E-state index contributed by atoms with van der Waals surface area (Å²) in [5, 5.41) is 10.9. The Labute approximate surface area is 168 Å². The smallest absolute Gasteiger partial charge is 0.212 e. The zero-order chi connectivity index (χ0) is 21.3. The number of rotatable bonds is 5. The van der Waals surface area contributed by atoms with Crippen LogP contribution in [0.2, 0.25) is 0 Å². The monoisotopic (exact) mass is 396 g/mol. The number of carbonyl (C=O) groups is 2. The van der Waals surface area contributed by atoms with Crippen LogP contribution in [-0.2, 0) is 23.8 Å². The van der Waals surface area contributed by atoms with Crippen molar-refractivity contribution in [3.63, 3.8) is 0 Å². The Kier molecular flexibility index (Phi) is 4.95. The molecule has 3 rings (SSSR count). The third kappa shape index (κ3) is 2.83. The summed E-state index contributed by atoms with van der Waals surface area (Å²) in [4.78, 5) is 25.7. The first-order valence-corrected chi connectivity index (χ1v) is 10.5. The average Bonchev–Trinajstić information content (AvgIpc) is 2.68. The van der Waals surface area contributed by atoms with Gasteiger partial charge < -0.3 is 19.3 Å². The molecule has 6 atom stereocenters. The van der Waals surface area contributed by atoms with E-state index in [4.69, 9.17) is 14.2 Å². The summed E-state index contributed by atoms with van der Waals surface area (Å²) in [7, 11) is 0. The number of ketones is 2. The lowest BCUT2D eigenvalue weighted by Gasteiger charge is -2.57. The van der Waals surface area contributed by atoms with Gasteiger partial charge in [0.25, 0.3) is 0 Å². The van der Waals surface area contributed by atoms with E-state index in [1.54, 1.807) is 20.8 Å². The number of aliphatic hydroxyl groups is 1. The van der Waals surface area contributed by atoms with E-state index in [2.05, 4.69) is 0 Å². The average molecular weight is 397 g/mol. The molecule has 0 spiro atoms. The lowest BCUT2D eigenvalue weighted by Crippen LogP contribution is -2.71. The van der Waals surface area contributed by atoms with Crippen LogP contribution in [0.25, 0.3) is 0 Å². The Morgan fingerprint density at radius 3 is 2.32 bits per heavy atom. The summed E-state index contributed by atoms with van der Waals surface area (Å²) in [6.45, 7) is 14.7. The van der Waals surface area contributed by atoms with E-state index >= 15 is 0 Å². The molecule has 6 nitrogen and oxygen atoms in total. The first-order valence-electron chi connectivity index (χ1n) is 10.5. The summed E-state index contributed by atoms with van der Waals surface area (Å²) in [5.74, 6) is -2.48. The molecule has 6 heteroatoms. The van der Waals surface area contributed by atoms with E-state index in [1.807, 2.05) is 34.6 Å². The SMILES string of the molecule is CCC(=O)CCC1(C)C[C@@H]2C3OC(C)(C)O[C@]([C@H](C)O)(O1)[C@@]3(C)C(=O)C2(C)C. The van der Waals surface area contributed by atoms with Crippen LogP contribution in [0.4, 0.5) is 0 Å². The fraction of sp³-hybridized carbons (Fsp3) is 0.909. The van der Waals surface area contributed by atoms with Crippen LogP contribution in [-0.4, -0.2) is 46.1 Å². The predicted octanol–water partition coefficient (Wildman–Crippen LogP) is 3.38. The minimum absolute atomic E-state index is 0.00177. The molecule has 2 saturated heterocycles. The van der Waals surface area contributed by atoms with E-state index < -0.39 is 40.2 Å². The molecule has 0 aromatic heterocycles. The molecule has 1 saturated carbocycles. The first kappa shape index (κ1) is 21.9. The molecule has 2 aliphatic heterocycles. The Morgan fingerprint density at radius 1 is 1.18 bits per heavy atom. The van der Waals surface area contributed by atoms with Crippen LogP contribution in [0.5, 0.6) is 0 Å². The zero-order valence-corrected chi connectivity index (χ0v) is 18.5. The third-order valence-electron chi connectivity index (χ3n) is 7.38. The second-order valence-electron chi connectivity index (χ2n) is 10.4. The van der Waals surface area contributed by atoms with Gasteiger partial charge in [-0.1, -0.05) is 20.8 Å². The number of hydrogen-bond acceptors (Lipinski definition) is 6. The van der Waals surface area contributed by atoms with Crippen LogP contribution < -0.4 is 0 Å². The van der Waals surface area contributed by atoms with Gasteiger partial charge in [0.15, 0.2) is 11.6 Å². The molecule has 0 amide bonds. The highest BCUT2D eigenvalue weighted by atomic mass is 16.8. The summed E-state index contributed by atoms with van der Waals surface area (Å²) >= 11 is 0. The Hall–Kier alpha value is -0.820. The van der Waals surface area contributed by atoms with Gasteiger partial charge in [0.2, 0.25) is 5.79 Å². The zero-order valence-electron chi connectivity index (χ0n) is 18.5. The number of carbonyl (C=O) groups excluding carboxylic acids is 2. The molecular weight excluding hydrogens is 360 g/mol. The summed E-state index contributed by atoms with van der Waals surface area (Å²) in [6.07, 6.45) is 0.476. The van der Waals surface area contributed by atoms with Crippen LogP contribution in [0.1, 0.15) is 81.1 Å². The maximum absolute atomic E-state index is 13.6. The molecule has 0 aromatic carbocycles. The van der Waals surface area contributed by atoms with Gasteiger partial charge >= 0.3 is 0 Å². The molecule has 28 heavy (non-hydrogen) atoms. The molecular formula is C22H36O6. The number of aliphatic hydroxyl groups excluding tert-OH is 1. The Morgan fingerprint density at radius 2 is 1.79 bits per heavy atom. The lowest BCUT2D eigenvalue weighted by atomic mass is 9.70. The van der Waals surface area contributed by atoms with Crippen molar-refractivity contribution in [2.45, 2.75) is 110 Å². The van der Waals surface area contributed by atoms with E-state index in [1.165, 1.54) is 0 Å². The maximum atomic E-state index is 13.6. The van der Waals surface area contributed by atoms with E-state index in [9.17, 15) is 14.7 Å². The van der Waals surface area contributed by atoms with Crippen molar-refractivity contribution >= 4 is 11.6 Å². The summed E-state index contributed by atoms with van der Waals surface area (Å²) in [6, 6.07) is 0. The van der Waals surface area contributed by atoms with Gasteiger partial charge in [0.05, 0.1) is 11.7 Å². The molecule has 4 bridgehead atoms. The van der Waals surface area contributed by atoms with E-state index in [0.717, 1.165) is 0 Å². The minimum Gasteiger partial charge on any atom is -0.388 e. The Balaban J connectivity index is 2.17. The highest BCUT2D eigenvalue weighted by molar-refractivity contribution is 5.94. The van der Waals surface area contributed by atoms with E-state index in [0.29, 0.717) is 25.7 Å². The standard InChI is InChI=1S/C22H36O6/c1-9-14(24)10-11-20(7)12-15-16-21(8,17(25)18(15,3)4)22(28-20,13(2)23)27-19(5,6)26-16/h13,15-16,23H,9-12H2,1-8H3/t13-,15+,16?,20?,21+,22+/m0/s1. The molecule has 2 heterocycles. The second-order valence-corrected chi connectivity index (χ2v) is 10.4. The highest BCUT2D eigenvalue weighted by Crippen LogP contribution is 2.66. The third-order valence-corrected chi connectivity index (χ3v) is 7.38. The van der Waals surface area contributed by atoms with Gasteiger partial charge in [-0.3, -0.25) is 9.59 Å². The predicted molar refractivity (Wildman–Crippen MR) is 103 cm³/mol. The summed E-state index contributed by atoms with van der Waals surface area (Å²) in [5.41, 5.74) is -2.51.